The summed E-state index contributed by atoms with van der Waals surface area (Å²) in [5.41, 5.74) is 1.50. The third-order valence-electron chi connectivity index (χ3n) is 3.00. The van der Waals surface area contributed by atoms with Crippen molar-refractivity contribution < 1.29 is 8.42 Å². The molecule has 108 valence electrons. The van der Waals surface area contributed by atoms with Crippen LogP contribution in [0.1, 0.15) is 5.56 Å². The van der Waals surface area contributed by atoms with Gasteiger partial charge in [0.25, 0.3) is 0 Å². The molecule has 20 heavy (non-hydrogen) atoms. The first-order valence-corrected chi connectivity index (χ1v) is 8.04. The molecule has 0 unspecified atom stereocenters. The predicted molar refractivity (Wildman–Crippen MR) is 81.3 cm³/mol. The van der Waals surface area contributed by atoms with Gasteiger partial charge >= 0.3 is 10.5 Å². The van der Waals surface area contributed by atoms with Gasteiger partial charge in [-0.1, -0.05) is 34.1 Å². The Morgan fingerprint density at radius 3 is 2.65 bits per heavy atom. The summed E-state index contributed by atoms with van der Waals surface area (Å²) in [6.07, 6.45) is 0. The van der Waals surface area contributed by atoms with Crippen LogP contribution in [0.15, 0.2) is 38.3 Å². The minimum absolute atomic E-state index is 0.574. The standard InChI is InChI=1S/C12H15BrN4O2S/c13-11-4-2-1-3-10(11)12(15-16-20(18)19)9-17-7-5-14-6-8-17/h1-4,14H,5-9H2. The molecule has 1 aromatic carbocycles. The van der Waals surface area contributed by atoms with E-state index in [2.05, 4.69) is 35.7 Å². The van der Waals surface area contributed by atoms with E-state index in [0.29, 0.717) is 12.3 Å². The highest BCUT2D eigenvalue weighted by Gasteiger charge is 2.15. The first-order valence-electron chi connectivity index (χ1n) is 6.22. The number of hydrogen-bond acceptors (Lipinski definition) is 5. The molecular formula is C12H15BrN4O2S. The maximum absolute atomic E-state index is 10.6. The summed E-state index contributed by atoms with van der Waals surface area (Å²) >= 11 is 3.46. The third-order valence-corrected chi connectivity index (χ3v) is 3.90. The van der Waals surface area contributed by atoms with Crippen molar-refractivity contribution in [2.24, 2.45) is 9.57 Å². The van der Waals surface area contributed by atoms with Crippen molar-refractivity contribution >= 4 is 32.1 Å². The second-order valence-electron chi connectivity index (χ2n) is 4.35. The molecule has 1 fully saturated rings. The second kappa shape index (κ2) is 7.63. The Labute approximate surface area is 127 Å². The number of nitrogens with one attached hydrogen (secondary N) is 1. The average Bonchev–Trinajstić information content (AvgIpc) is 2.45. The zero-order valence-electron chi connectivity index (χ0n) is 10.8. The minimum atomic E-state index is -2.53. The Bertz CT molecular complexity index is 616. The van der Waals surface area contributed by atoms with Crippen LogP contribution in [-0.4, -0.2) is 51.8 Å². The van der Waals surface area contributed by atoms with E-state index in [1.54, 1.807) is 0 Å². The molecule has 0 bridgehead atoms. The molecule has 0 aromatic heterocycles. The lowest BCUT2D eigenvalue weighted by Crippen LogP contribution is -2.45. The largest absolute Gasteiger partial charge is 0.334 e. The van der Waals surface area contributed by atoms with Crippen molar-refractivity contribution in [2.75, 3.05) is 32.7 Å². The van der Waals surface area contributed by atoms with Gasteiger partial charge in [-0.15, -0.1) is 5.10 Å². The van der Waals surface area contributed by atoms with Gasteiger partial charge in [-0.3, -0.25) is 4.90 Å². The Balaban J connectivity index is 2.27. The van der Waals surface area contributed by atoms with Crippen molar-refractivity contribution in [3.63, 3.8) is 0 Å². The number of benzene rings is 1. The molecule has 0 atom stereocenters. The fraction of sp³-hybridized carbons (Fsp3) is 0.417. The molecular weight excluding hydrogens is 344 g/mol. The average molecular weight is 359 g/mol. The maximum atomic E-state index is 10.6. The van der Waals surface area contributed by atoms with Gasteiger partial charge in [0.1, 0.15) is 0 Å². The Morgan fingerprint density at radius 1 is 1.30 bits per heavy atom. The Morgan fingerprint density at radius 2 is 2.00 bits per heavy atom. The van der Waals surface area contributed by atoms with E-state index in [-0.39, 0.29) is 0 Å². The molecule has 0 spiro atoms. The van der Waals surface area contributed by atoms with Crippen LogP contribution in [0, 0.1) is 0 Å². The van der Waals surface area contributed by atoms with Crippen molar-refractivity contribution in [3.05, 3.63) is 34.3 Å². The van der Waals surface area contributed by atoms with Crippen molar-refractivity contribution in [3.8, 4) is 0 Å². The van der Waals surface area contributed by atoms with Gasteiger partial charge in [0, 0.05) is 42.8 Å². The molecule has 2 rings (SSSR count). The SMILES string of the molecule is O=S(=O)=NN=C(CN1CCNCC1)c1ccccc1Br. The van der Waals surface area contributed by atoms with Crippen molar-refractivity contribution in [1.82, 2.24) is 10.2 Å². The smallest absolute Gasteiger partial charge is 0.314 e. The zero-order valence-corrected chi connectivity index (χ0v) is 13.2. The number of nitrogens with zero attached hydrogens (tertiary/aromatic N) is 3. The fourth-order valence-corrected chi connectivity index (χ4v) is 2.71. The maximum Gasteiger partial charge on any atom is 0.334 e. The molecule has 6 nitrogen and oxygen atoms in total. The molecule has 1 aliphatic heterocycles. The van der Waals surface area contributed by atoms with Gasteiger partial charge in [-0.25, -0.2) is 0 Å². The zero-order chi connectivity index (χ0) is 14.4. The van der Waals surface area contributed by atoms with Crippen LogP contribution in [0.4, 0.5) is 0 Å². The lowest BCUT2D eigenvalue weighted by Gasteiger charge is -2.27. The summed E-state index contributed by atoms with van der Waals surface area (Å²) in [5, 5.41) is 7.16. The van der Waals surface area contributed by atoms with Crippen LogP contribution in [0.5, 0.6) is 0 Å². The highest BCUT2D eigenvalue weighted by molar-refractivity contribution is 9.10. The highest BCUT2D eigenvalue weighted by Crippen LogP contribution is 2.17. The van der Waals surface area contributed by atoms with Gasteiger partial charge in [0.05, 0.1) is 5.71 Å². The van der Waals surface area contributed by atoms with E-state index in [9.17, 15) is 8.42 Å². The van der Waals surface area contributed by atoms with Crippen LogP contribution in [0.3, 0.4) is 0 Å². The number of piperazine rings is 1. The van der Waals surface area contributed by atoms with Crippen LogP contribution in [0.25, 0.3) is 0 Å². The second-order valence-corrected chi connectivity index (χ2v) is 5.80. The summed E-state index contributed by atoms with van der Waals surface area (Å²) < 4.78 is 25.3. The van der Waals surface area contributed by atoms with Crippen LogP contribution in [0.2, 0.25) is 0 Å². The quantitative estimate of drug-likeness (QED) is 0.646. The van der Waals surface area contributed by atoms with E-state index < -0.39 is 10.5 Å². The lowest BCUT2D eigenvalue weighted by molar-refractivity contribution is 0.272. The fourth-order valence-electron chi connectivity index (χ4n) is 2.03. The summed E-state index contributed by atoms with van der Waals surface area (Å²) in [6.45, 7) is 4.24. The summed E-state index contributed by atoms with van der Waals surface area (Å²) in [5.74, 6) is 0. The molecule has 0 aliphatic carbocycles. The van der Waals surface area contributed by atoms with E-state index in [1.165, 1.54) is 0 Å². The summed E-state index contributed by atoms with van der Waals surface area (Å²) in [6, 6.07) is 7.59. The van der Waals surface area contributed by atoms with Crippen LogP contribution < -0.4 is 5.32 Å². The van der Waals surface area contributed by atoms with Crippen molar-refractivity contribution in [2.45, 2.75) is 0 Å². The van der Waals surface area contributed by atoms with Gasteiger partial charge < -0.3 is 5.32 Å². The molecule has 1 aromatic rings. The summed E-state index contributed by atoms with van der Waals surface area (Å²) in [4.78, 5) is 2.22. The molecule has 1 saturated heterocycles. The minimum Gasteiger partial charge on any atom is -0.314 e. The lowest BCUT2D eigenvalue weighted by atomic mass is 10.1. The van der Waals surface area contributed by atoms with E-state index in [4.69, 9.17) is 0 Å². The first kappa shape index (κ1) is 15.3. The monoisotopic (exact) mass is 358 g/mol. The van der Waals surface area contributed by atoms with E-state index in [0.717, 1.165) is 36.2 Å². The Hall–Kier alpha value is -1.09. The first-order chi connectivity index (χ1) is 9.66. The summed E-state index contributed by atoms with van der Waals surface area (Å²) in [7, 11) is -2.53. The molecule has 8 heteroatoms. The normalized spacial score (nSPS) is 16.9. The van der Waals surface area contributed by atoms with E-state index >= 15 is 0 Å². The molecule has 1 N–H and O–H groups in total. The van der Waals surface area contributed by atoms with Crippen LogP contribution >= 0.6 is 15.9 Å². The van der Waals surface area contributed by atoms with Gasteiger partial charge in [-0.2, -0.15) is 8.42 Å². The van der Waals surface area contributed by atoms with Crippen molar-refractivity contribution in [1.29, 1.82) is 0 Å². The topological polar surface area (TPSA) is 74.1 Å². The third kappa shape index (κ3) is 4.48. The van der Waals surface area contributed by atoms with Gasteiger partial charge in [-0.05, 0) is 10.5 Å². The molecule has 0 amide bonds. The highest BCUT2D eigenvalue weighted by atomic mass is 79.9. The molecule has 0 radical (unpaired) electrons. The Kier molecular flexibility index (Phi) is 5.84. The molecule has 0 saturated carbocycles. The van der Waals surface area contributed by atoms with Gasteiger partial charge in [0.15, 0.2) is 0 Å². The van der Waals surface area contributed by atoms with Crippen LogP contribution in [-0.2, 0) is 10.5 Å². The predicted octanol–water partition coefficient (Wildman–Crippen LogP) is 1.12. The van der Waals surface area contributed by atoms with E-state index in [1.807, 2.05) is 24.3 Å². The molecule has 1 aliphatic rings. The number of rotatable bonds is 4. The number of halogens is 1. The van der Waals surface area contributed by atoms with Gasteiger partial charge in [0.2, 0.25) is 0 Å². The number of hydrogen-bond donors (Lipinski definition) is 1. The molecule has 1 heterocycles.